The van der Waals surface area contributed by atoms with Crippen molar-refractivity contribution in [2.24, 2.45) is 0 Å². The zero-order chi connectivity index (χ0) is 8.97. The second-order valence-corrected chi connectivity index (χ2v) is 1.86. The topological polar surface area (TPSA) is 48.6 Å². The summed E-state index contributed by atoms with van der Waals surface area (Å²) in [5, 5.41) is 0. The standard InChI is InChI=1S/C7H7N3O2/c1-8-7-9-5(11-2)4-6(10-7)12-3/h4H,2-3H3. The normalized spacial score (nSPS) is 8.75. The van der Waals surface area contributed by atoms with Crippen LogP contribution in [-0.2, 0) is 0 Å². The van der Waals surface area contributed by atoms with Gasteiger partial charge < -0.3 is 14.3 Å². The third-order valence-corrected chi connectivity index (χ3v) is 1.19. The van der Waals surface area contributed by atoms with Gasteiger partial charge in [0.25, 0.3) is 11.8 Å². The molecular weight excluding hydrogens is 158 g/mol. The predicted molar refractivity (Wildman–Crippen MR) is 41.4 cm³/mol. The Morgan fingerprint density at radius 1 is 1.25 bits per heavy atom. The van der Waals surface area contributed by atoms with Gasteiger partial charge in [-0.05, 0) is 0 Å². The highest BCUT2D eigenvalue weighted by atomic mass is 16.5. The average Bonchev–Trinajstić information content (AvgIpc) is 2.16. The van der Waals surface area contributed by atoms with Gasteiger partial charge in [-0.1, -0.05) is 0 Å². The maximum absolute atomic E-state index is 6.68. The van der Waals surface area contributed by atoms with E-state index in [1.807, 2.05) is 0 Å². The quantitative estimate of drug-likeness (QED) is 0.614. The largest absolute Gasteiger partial charge is 0.470 e. The monoisotopic (exact) mass is 165 g/mol. The van der Waals surface area contributed by atoms with Crippen LogP contribution in [0.15, 0.2) is 6.07 Å². The summed E-state index contributed by atoms with van der Waals surface area (Å²) in [6.45, 7) is 6.68. The fourth-order valence-corrected chi connectivity index (χ4v) is 0.651. The molecule has 1 rings (SSSR count). The van der Waals surface area contributed by atoms with E-state index in [0.717, 1.165) is 0 Å². The molecule has 1 aromatic rings. The van der Waals surface area contributed by atoms with Crippen LogP contribution in [0.2, 0.25) is 0 Å². The first kappa shape index (κ1) is 8.27. The fourth-order valence-electron chi connectivity index (χ4n) is 0.651. The molecule has 0 aliphatic carbocycles. The van der Waals surface area contributed by atoms with Crippen molar-refractivity contribution < 1.29 is 9.47 Å². The molecule has 0 aliphatic heterocycles. The maximum Gasteiger partial charge on any atom is 0.378 e. The lowest BCUT2D eigenvalue weighted by molar-refractivity contribution is 0.373. The van der Waals surface area contributed by atoms with Crippen LogP contribution >= 0.6 is 0 Å². The molecule has 0 aromatic carbocycles. The lowest BCUT2D eigenvalue weighted by Gasteiger charge is -1.98. The molecule has 12 heavy (non-hydrogen) atoms. The van der Waals surface area contributed by atoms with E-state index in [4.69, 9.17) is 16.0 Å². The van der Waals surface area contributed by atoms with E-state index < -0.39 is 0 Å². The van der Waals surface area contributed by atoms with Crippen LogP contribution in [-0.4, -0.2) is 24.2 Å². The molecule has 0 bridgehead atoms. The number of ether oxygens (including phenoxy) is 2. The summed E-state index contributed by atoms with van der Waals surface area (Å²) in [6, 6.07) is 1.51. The number of hydrogen-bond acceptors (Lipinski definition) is 4. The van der Waals surface area contributed by atoms with Gasteiger partial charge in [0.15, 0.2) is 0 Å². The number of aromatic nitrogens is 2. The molecule has 0 N–H and O–H groups in total. The summed E-state index contributed by atoms with van der Waals surface area (Å²) in [6.07, 6.45) is 0. The van der Waals surface area contributed by atoms with Crippen molar-refractivity contribution >= 4 is 5.95 Å². The van der Waals surface area contributed by atoms with E-state index in [2.05, 4.69) is 14.8 Å². The molecule has 1 heterocycles. The molecule has 1 aromatic heterocycles. The Balaban J connectivity index is 3.12. The van der Waals surface area contributed by atoms with Crippen molar-refractivity contribution in [2.75, 3.05) is 14.2 Å². The summed E-state index contributed by atoms with van der Waals surface area (Å²) in [5.74, 6) is 0.673. The Labute approximate surface area is 69.8 Å². The molecule has 0 unspecified atom stereocenters. The van der Waals surface area contributed by atoms with E-state index in [9.17, 15) is 0 Å². The molecule has 62 valence electrons. The van der Waals surface area contributed by atoms with Crippen molar-refractivity contribution in [3.05, 3.63) is 17.5 Å². The second-order valence-electron chi connectivity index (χ2n) is 1.86. The van der Waals surface area contributed by atoms with E-state index >= 15 is 0 Å². The van der Waals surface area contributed by atoms with Crippen LogP contribution in [0.4, 0.5) is 5.95 Å². The highest BCUT2D eigenvalue weighted by molar-refractivity contribution is 5.33. The van der Waals surface area contributed by atoms with Crippen LogP contribution in [0.25, 0.3) is 4.85 Å². The fraction of sp³-hybridized carbons (Fsp3) is 0.286. The van der Waals surface area contributed by atoms with Gasteiger partial charge in [-0.2, -0.15) is 0 Å². The van der Waals surface area contributed by atoms with Crippen LogP contribution in [0.5, 0.6) is 11.8 Å². The summed E-state index contributed by atoms with van der Waals surface area (Å²) >= 11 is 0. The third-order valence-electron chi connectivity index (χ3n) is 1.19. The van der Waals surface area contributed by atoms with Crippen LogP contribution in [0.3, 0.4) is 0 Å². The van der Waals surface area contributed by atoms with Crippen molar-refractivity contribution in [1.82, 2.24) is 9.97 Å². The maximum atomic E-state index is 6.68. The van der Waals surface area contributed by atoms with Crippen LogP contribution < -0.4 is 9.47 Å². The SMILES string of the molecule is [C-]#[N+]c1nc(OC)cc(OC)n1. The molecule has 0 radical (unpaired) electrons. The molecule has 5 nitrogen and oxygen atoms in total. The van der Waals surface area contributed by atoms with Gasteiger partial charge in [0.1, 0.15) is 0 Å². The van der Waals surface area contributed by atoms with E-state index in [-0.39, 0.29) is 5.95 Å². The Kier molecular flexibility index (Phi) is 2.43. The first-order valence-corrected chi connectivity index (χ1v) is 3.14. The van der Waals surface area contributed by atoms with E-state index in [0.29, 0.717) is 11.8 Å². The Bertz CT molecular complexity index is 297. The Hall–Kier alpha value is -1.83. The Morgan fingerprint density at radius 2 is 1.75 bits per heavy atom. The lowest BCUT2D eigenvalue weighted by atomic mass is 10.6. The van der Waals surface area contributed by atoms with Crippen molar-refractivity contribution in [2.45, 2.75) is 0 Å². The molecule has 5 heteroatoms. The van der Waals surface area contributed by atoms with E-state index in [1.165, 1.54) is 20.3 Å². The molecule has 0 spiro atoms. The Morgan fingerprint density at radius 3 is 2.08 bits per heavy atom. The number of hydrogen-bond donors (Lipinski definition) is 0. The van der Waals surface area contributed by atoms with Crippen molar-refractivity contribution in [3.8, 4) is 11.8 Å². The van der Waals surface area contributed by atoms with Crippen LogP contribution in [0.1, 0.15) is 0 Å². The van der Waals surface area contributed by atoms with Gasteiger partial charge in [0.2, 0.25) is 0 Å². The molecule has 0 atom stereocenters. The smallest absolute Gasteiger partial charge is 0.378 e. The van der Waals surface area contributed by atoms with Crippen molar-refractivity contribution in [3.63, 3.8) is 0 Å². The predicted octanol–water partition coefficient (Wildman–Crippen LogP) is 1.04. The lowest BCUT2D eigenvalue weighted by Crippen LogP contribution is -1.92. The van der Waals surface area contributed by atoms with Gasteiger partial charge >= 0.3 is 5.95 Å². The molecule has 0 fully saturated rings. The van der Waals surface area contributed by atoms with Gasteiger partial charge in [-0.25, -0.2) is 0 Å². The minimum absolute atomic E-state index is 0.0196. The molecule has 0 saturated carbocycles. The molecule has 0 amide bonds. The zero-order valence-electron chi connectivity index (χ0n) is 6.74. The minimum atomic E-state index is 0.0196. The minimum Gasteiger partial charge on any atom is -0.470 e. The zero-order valence-corrected chi connectivity index (χ0v) is 6.74. The summed E-state index contributed by atoms with van der Waals surface area (Å²) in [4.78, 5) is 10.6. The van der Waals surface area contributed by atoms with Gasteiger partial charge in [0, 0.05) is 0 Å². The first-order chi connectivity index (χ1) is 5.80. The van der Waals surface area contributed by atoms with Gasteiger partial charge in [0.05, 0.1) is 20.3 Å². The van der Waals surface area contributed by atoms with Gasteiger partial charge in [-0.3, -0.25) is 0 Å². The highest BCUT2D eigenvalue weighted by Gasteiger charge is 2.07. The molecule has 0 aliphatic rings. The number of rotatable bonds is 2. The highest BCUT2D eigenvalue weighted by Crippen LogP contribution is 2.18. The second kappa shape index (κ2) is 3.53. The van der Waals surface area contributed by atoms with Crippen molar-refractivity contribution in [1.29, 1.82) is 0 Å². The molecular formula is C7H7N3O2. The third kappa shape index (κ3) is 1.61. The first-order valence-electron chi connectivity index (χ1n) is 3.14. The molecule has 0 saturated heterocycles. The summed E-state index contributed by atoms with van der Waals surface area (Å²) in [5.41, 5.74) is 0. The number of nitrogens with zero attached hydrogens (tertiary/aromatic N) is 3. The van der Waals surface area contributed by atoms with E-state index in [1.54, 1.807) is 0 Å². The summed E-state index contributed by atoms with van der Waals surface area (Å²) in [7, 11) is 2.94. The average molecular weight is 165 g/mol. The number of methoxy groups -OCH3 is 2. The van der Waals surface area contributed by atoms with Crippen LogP contribution in [0, 0.1) is 6.57 Å². The summed E-state index contributed by atoms with van der Waals surface area (Å²) < 4.78 is 9.65. The van der Waals surface area contributed by atoms with Gasteiger partial charge in [-0.15, -0.1) is 16.5 Å².